The standard InChI is InChI=1S/C27H24FN3O3S/c1-35(32,33)34-14-13-18-7-6-8-20(15-18)30-27-29-17-19-16-24(22-10-4-5-12-25(22)28)21-9-2-3-11-23(21)26(19)31-27/h2-12,15,17,24H,13-14,16H2,1H3,(H,29,30,31). The summed E-state index contributed by atoms with van der Waals surface area (Å²) in [4.78, 5) is 9.32. The number of benzene rings is 3. The Morgan fingerprint density at radius 2 is 1.80 bits per heavy atom. The van der Waals surface area contributed by atoms with Crippen LogP contribution in [0.2, 0.25) is 0 Å². The highest BCUT2D eigenvalue weighted by atomic mass is 32.2. The van der Waals surface area contributed by atoms with Crippen LogP contribution in [0.15, 0.2) is 79.0 Å². The van der Waals surface area contributed by atoms with Crippen LogP contribution in [0.1, 0.15) is 28.2 Å². The lowest BCUT2D eigenvalue weighted by Gasteiger charge is -2.27. The molecule has 0 spiro atoms. The van der Waals surface area contributed by atoms with Gasteiger partial charge < -0.3 is 5.32 Å². The van der Waals surface area contributed by atoms with Crippen molar-refractivity contribution >= 4 is 21.8 Å². The fraction of sp³-hybridized carbons (Fsp3) is 0.185. The molecule has 1 aliphatic carbocycles. The zero-order valence-corrected chi connectivity index (χ0v) is 19.9. The van der Waals surface area contributed by atoms with Crippen molar-refractivity contribution in [1.82, 2.24) is 9.97 Å². The lowest BCUT2D eigenvalue weighted by atomic mass is 9.78. The number of halogens is 1. The van der Waals surface area contributed by atoms with Crippen molar-refractivity contribution in [2.45, 2.75) is 18.8 Å². The third-order valence-corrected chi connectivity index (χ3v) is 6.63. The van der Waals surface area contributed by atoms with Gasteiger partial charge in [0.05, 0.1) is 18.6 Å². The zero-order valence-electron chi connectivity index (χ0n) is 19.1. The highest BCUT2D eigenvalue weighted by Crippen LogP contribution is 2.42. The molecule has 0 fully saturated rings. The molecule has 3 aromatic carbocycles. The van der Waals surface area contributed by atoms with Crippen LogP contribution in [0, 0.1) is 5.82 Å². The highest BCUT2D eigenvalue weighted by Gasteiger charge is 2.28. The fourth-order valence-electron chi connectivity index (χ4n) is 4.48. The average molecular weight is 490 g/mol. The van der Waals surface area contributed by atoms with Crippen LogP contribution in [0.3, 0.4) is 0 Å². The zero-order chi connectivity index (χ0) is 24.4. The first-order valence-electron chi connectivity index (χ1n) is 11.3. The van der Waals surface area contributed by atoms with E-state index in [0.717, 1.165) is 39.9 Å². The minimum Gasteiger partial charge on any atom is -0.324 e. The fourth-order valence-corrected chi connectivity index (χ4v) is 4.86. The van der Waals surface area contributed by atoms with E-state index in [1.807, 2.05) is 60.7 Å². The van der Waals surface area contributed by atoms with Gasteiger partial charge in [-0.15, -0.1) is 0 Å². The predicted octanol–water partition coefficient (Wildman–Crippen LogP) is 5.23. The molecule has 0 bridgehead atoms. The molecule has 4 aromatic rings. The monoisotopic (exact) mass is 489 g/mol. The molecule has 1 aromatic heterocycles. The molecule has 8 heteroatoms. The van der Waals surface area contributed by atoms with Crippen LogP contribution in [0.4, 0.5) is 16.0 Å². The highest BCUT2D eigenvalue weighted by molar-refractivity contribution is 7.85. The van der Waals surface area contributed by atoms with Gasteiger partial charge in [-0.3, -0.25) is 4.18 Å². The summed E-state index contributed by atoms with van der Waals surface area (Å²) < 4.78 is 41.8. The largest absolute Gasteiger partial charge is 0.324 e. The van der Waals surface area contributed by atoms with Crippen molar-refractivity contribution < 1.29 is 17.0 Å². The molecule has 0 radical (unpaired) electrons. The smallest absolute Gasteiger partial charge is 0.264 e. The summed E-state index contributed by atoms with van der Waals surface area (Å²) in [6.07, 6.45) is 3.91. The van der Waals surface area contributed by atoms with Crippen molar-refractivity contribution in [3.8, 4) is 11.3 Å². The van der Waals surface area contributed by atoms with Gasteiger partial charge in [0.25, 0.3) is 10.1 Å². The van der Waals surface area contributed by atoms with Crippen LogP contribution < -0.4 is 5.32 Å². The maximum atomic E-state index is 14.6. The minimum absolute atomic E-state index is 0.0809. The quantitative estimate of drug-likeness (QED) is 0.358. The van der Waals surface area contributed by atoms with E-state index < -0.39 is 10.1 Å². The van der Waals surface area contributed by atoms with Crippen molar-refractivity contribution in [3.63, 3.8) is 0 Å². The van der Waals surface area contributed by atoms with Crippen LogP contribution in [0.5, 0.6) is 0 Å². The molecular weight excluding hydrogens is 465 g/mol. The van der Waals surface area contributed by atoms with Gasteiger partial charge >= 0.3 is 0 Å². The molecule has 0 amide bonds. The molecule has 1 aliphatic rings. The lowest BCUT2D eigenvalue weighted by molar-refractivity contribution is 0.326. The SMILES string of the molecule is CS(=O)(=O)OCCc1cccc(Nc2ncc3c(n2)-c2ccccc2C(c2ccccc2F)C3)c1. The number of nitrogens with zero attached hydrogens (tertiary/aromatic N) is 2. The van der Waals surface area contributed by atoms with E-state index in [-0.39, 0.29) is 18.3 Å². The number of hydrogen-bond acceptors (Lipinski definition) is 6. The maximum absolute atomic E-state index is 14.6. The molecule has 0 saturated carbocycles. The van der Waals surface area contributed by atoms with E-state index in [0.29, 0.717) is 24.4 Å². The molecule has 6 nitrogen and oxygen atoms in total. The van der Waals surface area contributed by atoms with E-state index in [1.54, 1.807) is 12.3 Å². The topological polar surface area (TPSA) is 81.2 Å². The molecule has 0 aliphatic heterocycles. The van der Waals surface area contributed by atoms with Crippen LogP contribution in [-0.2, 0) is 27.1 Å². The first kappa shape index (κ1) is 23.1. The summed E-state index contributed by atoms with van der Waals surface area (Å²) in [5.74, 6) is 0.136. The number of hydrogen-bond donors (Lipinski definition) is 1. The second-order valence-electron chi connectivity index (χ2n) is 8.53. The Morgan fingerprint density at radius 3 is 2.60 bits per heavy atom. The van der Waals surface area contributed by atoms with Gasteiger partial charge in [0.1, 0.15) is 5.82 Å². The Labute approximate surface area is 204 Å². The van der Waals surface area contributed by atoms with Gasteiger partial charge in [-0.2, -0.15) is 8.42 Å². The van der Waals surface area contributed by atoms with E-state index >= 15 is 0 Å². The molecule has 1 heterocycles. The van der Waals surface area contributed by atoms with E-state index in [4.69, 9.17) is 9.17 Å². The minimum atomic E-state index is -3.47. The van der Waals surface area contributed by atoms with Crippen molar-refractivity contribution in [3.05, 3.63) is 107 Å². The first-order chi connectivity index (χ1) is 16.9. The Kier molecular flexibility index (Phi) is 6.32. The Bertz CT molecular complexity index is 1490. The molecule has 5 rings (SSSR count). The van der Waals surface area contributed by atoms with Gasteiger partial charge in [0.15, 0.2) is 0 Å². The lowest BCUT2D eigenvalue weighted by Crippen LogP contribution is -2.16. The number of fused-ring (bicyclic) bond motifs is 3. The summed E-state index contributed by atoms with van der Waals surface area (Å²) in [7, 11) is -3.47. The number of anilines is 2. The van der Waals surface area contributed by atoms with E-state index in [9.17, 15) is 12.8 Å². The molecule has 0 saturated heterocycles. The third kappa shape index (κ3) is 5.23. The maximum Gasteiger partial charge on any atom is 0.264 e. The van der Waals surface area contributed by atoms with Gasteiger partial charge in [-0.1, -0.05) is 54.6 Å². The number of rotatable bonds is 7. The Hall–Kier alpha value is -3.62. The van der Waals surface area contributed by atoms with Crippen LogP contribution in [-0.4, -0.2) is 31.2 Å². The predicted molar refractivity (Wildman–Crippen MR) is 134 cm³/mol. The van der Waals surface area contributed by atoms with Crippen LogP contribution >= 0.6 is 0 Å². The second-order valence-corrected chi connectivity index (χ2v) is 10.2. The molecule has 178 valence electrons. The number of aromatic nitrogens is 2. The van der Waals surface area contributed by atoms with Crippen molar-refractivity contribution in [2.24, 2.45) is 0 Å². The molecule has 1 unspecified atom stereocenters. The van der Waals surface area contributed by atoms with Gasteiger partial charge in [0.2, 0.25) is 5.95 Å². The molecule has 1 atom stereocenters. The first-order valence-corrected chi connectivity index (χ1v) is 13.1. The average Bonchev–Trinajstić information content (AvgIpc) is 2.84. The van der Waals surface area contributed by atoms with Gasteiger partial charge in [-0.25, -0.2) is 14.4 Å². The van der Waals surface area contributed by atoms with Gasteiger partial charge in [0, 0.05) is 23.4 Å². The summed E-state index contributed by atoms with van der Waals surface area (Å²) in [5.41, 5.74) is 6.20. The summed E-state index contributed by atoms with van der Waals surface area (Å²) in [5, 5.41) is 3.24. The normalized spacial score (nSPS) is 14.7. The summed E-state index contributed by atoms with van der Waals surface area (Å²) in [6, 6.07) is 22.5. The van der Waals surface area contributed by atoms with Crippen LogP contribution in [0.25, 0.3) is 11.3 Å². The van der Waals surface area contributed by atoms with Gasteiger partial charge in [-0.05, 0) is 53.3 Å². The summed E-state index contributed by atoms with van der Waals surface area (Å²) >= 11 is 0. The molecular formula is C27H24FN3O3S. The second kappa shape index (κ2) is 9.56. The van der Waals surface area contributed by atoms with E-state index in [2.05, 4.69) is 10.3 Å². The summed E-state index contributed by atoms with van der Waals surface area (Å²) in [6.45, 7) is 0.0809. The number of nitrogens with one attached hydrogen (secondary N) is 1. The van der Waals surface area contributed by atoms with Crippen molar-refractivity contribution in [2.75, 3.05) is 18.2 Å². The Balaban J connectivity index is 1.41. The van der Waals surface area contributed by atoms with E-state index in [1.165, 1.54) is 6.07 Å². The third-order valence-electron chi connectivity index (χ3n) is 6.03. The molecule has 1 N–H and O–H groups in total. The van der Waals surface area contributed by atoms with Crippen molar-refractivity contribution in [1.29, 1.82) is 0 Å². The Morgan fingerprint density at radius 1 is 1.03 bits per heavy atom. The molecule has 35 heavy (non-hydrogen) atoms.